The van der Waals surface area contributed by atoms with E-state index in [0.29, 0.717) is 17.2 Å². The van der Waals surface area contributed by atoms with Gasteiger partial charge in [0, 0.05) is 0 Å². The largest absolute Gasteiger partial charge is 0.508 e. The molecule has 0 spiro atoms. The Bertz CT molecular complexity index is 689. The molecule has 3 N–H and O–H groups in total. The van der Waals surface area contributed by atoms with Gasteiger partial charge in [0.25, 0.3) is 0 Å². The van der Waals surface area contributed by atoms with Gasteiger partial charge in [0.2, 0.25) is 0 Å². The monoisotopic (exact) mass is 338 g/mol. The minimum atomic E-state index is 0.329. The van der Waals surface area contributed by atoms with Gasteiger partial charge in [-0.2, -0.15) is 0 Å². The van der Waals surface area contributed by atoms with Crippen LogP contribution in [0.2, 0.25) is 0 Å². The van der Waals surface area contributed by atoms with Crippen molar-refractivity contribution >= 4 is 0 Å². The van der Waals surface area contributed by atoms with Crippen molar-refractivity contribution in [2.24, 2.45) is 0 Å². The fraction of sp³-hybridized carbons (Fsp3) is 0.182. The highest BCUT2D eigenvalue weighted by Gasteiger charge is 1.89. The highest BCUT2D eigenvalue weighted by atomic mass is 16.3. The molecule has 0 fully saturated rings. The van der Waals surface area contributed by atoms with Crippen LogP contribution < -0.4 is 0 Å². The van der Waals surface area contributed by atoms with Gasteiger partial charge < -0.3 is 15.3 Å². The molecule has 0 bridgehead atoms. The topological polar surface area (TPSA) is 60.7 Å². The van der Waals surface area contributed by atoms with Crippen molar-refractivity contribution in [3.8, 4) is 17.2 Å². The summed E-state index contributed by atoms with van der Waals surface area (Å²) >= 11 is 0. The van der Waals surface area contributed by atoms with E-state index in [4.69, 9.17) is 15.3 Å². The summed E-state index contributed by atoms with van der Waals surface area (Å²) in [5.74, 6) is 1.02. The maximum atomic E-state index is 8.99. The molecule has 0 amide bonds. The Morgan fingerprint density at radius 2 is 0.960 bits per heavy atom. The van der Waals surface area contributed by atoms with Crippen LogP contribution in [0.1, 0.15) is 22.3 Å². The second-order valence-corrected chi connectivity index (χ2v) is 6.02. The van der Waals surface area contributed by atoms with Crippen LogP contribution >= 0.6 is 0 Å². The lowest BCUT2D eigenvalue weighted by atomic mass is 10.1. The van der Waals surface area contributed by atoms with Crippen molar-refractivity contribution in [1.29, 1.82) is 0 Å². The van der Waals surface area contributed by atoms with Gasteiger partial charge in [-0.25, -0.2) is 0 Å². The van der Waals surface area contributed by atoms with Crippen LogP contribution in [0, 0.1) is 27.7 Å². The van der Waals surface area contributed by atoms with E-state index in [2.05, 4.69) is 0 Å². The molecule has 0 unspecified atom stereocenters. The number of hydrogen-bond donors (Lipinski definition) is 3. The number of aryl methyl sites for hydroxylation is 4. The molecule has 0 atom stereocenters. The van der Waals surface area contributed by atoms with Gasteiger partial charge in [-0.05, 0) is 80.8 Å². The molecule has 132 valence electrons. The first-order valence-corrected chi connectivity index (χ1v) is 8.05. The number of hydrogen-bond acceptors (Lipinski definition) is 3. The molecule has 0 radical (unpaired) electrons. The third kappa shape index (κ3) is 9.06. The molecule has 0 saturated carbocycles. The highest BCUT2D eigenvalue weighted by Crippen LogP contribution is 2.13. The first-order valence-electron chi connectivity index (χ1n) is 8.05. The quantitative estimate of drug-likeness (QED) is 0.513. The van der Waals surface area contributed by atoms with Crippen LogP contribution in [0.3, 0.4) is 0 Å². The SMILES string of the molecule is Cc1cc(C)cc(O)c1.Cc1ccc(O)cc1.Cc1cccc(O)c1. The van der Waals surface area contributed by atoms with Crippen molar-refractivity contribution in [2.45, 2.75) is 27.7 Å². The summed E-state index contributed by atoms with van der Waals surface area (Å²) in [6.45, 7) is 7.86. The van der Waals surface area contributed by atoms with Crippen LogP contribution in [0.5, 0.6) is 17.2 Å². The third-order valence-electron chi connectivity index (χ3n) is 3.24. The zero-order valence-electron chi connectivity index (χ0n) is 15.2. The number of phenolic OH excluding ortho intramolecular Hbond substituents is 3. The predicted molar refractivity (Wildman–Crippen MR) is 103 cm³/mol. The van der Waals surface area contributed by atoms with Crippen LogP contribution in [-0.2, 0) is 0 Å². The number of rotatable bonds is 0. The van der Waals surface area contributed by atoms with Gasteiger partial charge in [-0.1, -0.05) is 35.9 Å². The lowest BCUT2D eigenvalue weighted by molar-refractivity contribution is 0.474. The molecule has 3 aromatic carbocycles. The van der Waals surface area contributed by atoms with Gasteiger partial charge >= 0.3 is 0 Å². The van der Waals surface area contributed by atoms with Crippen LogP contribution in [-0.4, -0.2) is 15.3 Å². The molecule has 3 rings (SSSR count). The smallest absolute Gasteiger partial charge is 0.116 e. The molecule has 3 aromatic rings. The average molecular weight is 338 g/mol. The first kappa shape index (κ1) is 20.1. The second-order valence-electron chi connectivity index (χ2n) is 6.02. The summed E-state index contributed by atoms with van der Waals surface area (Å²) in [5, 5.41) is 26.6. The van der Waals surface area contributed by atoms with Crippen molar-refractivity contribution in [1.82, 2.24) is 0 Å². The first-order chi connectivity index (χ1) is 11.8. The fourth-order valence-corrected chi connectivity index (χ4v) is 2.12. The minimum Gasteiger partial charge on any atom is -0.508 e. The van der Waals surface area contributed by atoms with Crippen LogP contribution in [0.25, 0.3) is 0 Å². The normalized spacial score (nSPS) is 9.28. The van der Waals surface area contributed by atoms with E-state index in [1.54, 1.807) is 36.4 Å². The summed E-state index contributed by atoms with van der Waals surface area (Å²) in [6, 6.07) is 19.8. The van der Waals surface area contributed by atoms with Crippen molar-refractivity contribution in [2.75, 3.05) is 0 Å². The van der Waals surface area contributed by atoms with Crippen molar-refractivity contribution in [3.05, 3.63) is 89.0 Å². The van der Waals surface area contributed by atoms with Gasteiger partial charge in [0.05, 0.1) is 0 Å². The number of benzene rings is 3. The molecular weight excluding hydrogens is 312 g/mol. The Kier molecular flexibility index (Phi) is 8.07. The van der Waals surface area contributed by atoms with Crippen LogP contribution in [0.15, 0.2) is 66.7 Å². The summed E-state index contributed by atoms with van der Waals surface area (Å²) in [5.41, 5.74) is 4.47. The van der Waals surface area contributed by atoms with Gasteiger partial charge in [0.15, 0.2) is 0 Å². The molecule has 0 aliphatic rings. The summed E-state index contributed by atoms with van der Waals surface area (Å²) in [6.07, 6.45) is 0. The van der Waals surface area contributed by atoms with E-state index in [0.717, 1.165) is 16.7 Å². The second kappa shape index (κ2) is 10.0. The Balaban J connectivity index is 0.000000188. The Morgan fingerprint density at radius 3 is 1.32 bits per heavy atom. The lowest BCUT2D eigenvalue weighted by Crippen LogP contribution is -1.74. The standard InChI is InChI=1S/C8H10O.2C7H8O/c1-6-3-7(2)5-8(9)4-6;1-6-2-4-7(8)5-3-6;1-6-3-2-4-7(8)5-6/h3-5,9H,1-2H3;2*2-5,8H,1H3. The average Bonchev–Trinajstić information content (AvgIpc) is 2.50. The lowest BCUT2D eigenvalue weighted by Gasteiger charge is -1.95. The minimum absolute atomic E-state index is 0.329. The summed E-state index contributed by atoms with van der Waals surface area (Å²) in [4.78, 5) is 0. The number of aromatic hydroxyl groups is 3. The third-order valence-corrected chi connectivity index (χ3v) is 3.24. The molecule has 0 aliphatic heterocycles. The summed E-state index contributed by atoms with van der Waals surface area (Å²) < 4.78 is 0. The zero-order valence-corrected chi connectivity index (χ0v) is 15.2. The Labute approximate surface area is 149 Å². The fourth-order valence-electron chi connectivity index (χ4n) is 2.12. The van der Waals surface area contributed by atoms with Crippen molar-refractivity contribution in [3.63, 3.8) is 0 Å². The molecule has 25 heavy (non-hydrogen) atoms. The molecule has 0 heterocycles. The maximum absolute atomic E-state index is 8.99. The van der Waals surface area contributed by atoms with Crippen molar-refractivity contribution < 1.29 is 15.3 Å². The number of phenols is 3. The van der Waals surface area contributed by atoms with E-state index in [1.807, 2.05) is 58.0 Å². The predicted octanol–water partition coefficient (Wildman–Crippen LogP) is 5.41. The van der Waals surface area contributed by atoms with Crippen LogP contribution in [0.4, 0.5) is 0 Å². The van der Waals surface area contributed by atoms with Gasteiger partial charge in [0.1, 0.15) is 17.2 Å². The zero-order chi connectivity index (χ0) is 18.8. The molecule has 0 aromatic heterocycles. The van der Waals surface area contributed by atoms with Gasteiger partial charge in [-0.15, -0.1) is 0 Å². The van der Waals surface area contributed by atoms with E-state index < -0.39 is 0 Å². The molecule has 3 heteroatoms. The van der Waals surface area contributed by atoms with E-state index in [1.165, 1.54) is 5.56 Å². The van der Waals surface area contributed by atoms with E-state index in [-0.39, 0.29) is 0 Å². The van der Waals surface area contributed by atoms with E-state index >= 15 is 0 Å². The maximum Gasteiger partial charge on any atom is 0.116 e. The summed E-state index contributed by atoms with van der Waals surface area (Å²) in [7, 11) is 0. The Morgan fingerprint density at radius 1 is 0.440 bits per heavy atom. The molecule has 3 nitrogen and oxygen atoms in total. The highest BCUT2D eigenvalue weighted by molar-refractivity contribution is 5.31. The van der Waals surface area contributed by atoms with Gasteiger partial charge in [-0.3, -0.25) is 0 Å². The Hall–Kier alpha value is -2.94. The van der Waals surface area contributed by atoms with E-state index in [9.17, 15) is 0 Å². The molecule has 0 aliphatic carbocycles. The molecular formula is C22H26O3. The molecule has 0 saturated heterocycles.